The van der Waals surface area contributed by atoms with Crippen molar-refractivity contribution in [3.05, 3.63) is 18.2 Å². The third-order valence-electron chi connectivity index (χ3n) is 3.61. The third kappa shape index (κ3) is 3.26. The second-order valence-electron chi connectivity index (χ2n) is 5.08. The van der Waals surface area contributed by atoms with Crippen molar-refractivity contribution in [3.63, 3.8) is 0 Å². The molecule has 1 saturated heterocycles. The Bertz CT molecular complexity index is 512. The van der Waals surface area contributed by atoms with Crippen molar-refractivity contribution in [2.75, 3.05) is 32.7 Å². The van der Waals surface area contributed by atoms with E-state index < -0.39 is 24.1 Å². The molecule has 22 heavy (non-hydrogen) atoms. The highest BCUT2D eigenvalue weighted by Crippen LogP contribution is 2.30. The molecule has 0 bridgehead atoms. The SMILES string of the molecule is COc1ccc(NC[C@@]2(O)OC[C@@H](O)[C@@H](O)[C@@H]2O)cc1OC. The Kier molecular flexibility index (Phi) is 5.09. The number of benzene rings is 1. The Morgan fingerprint density at radius 1 is 1.23 bits per heavy atom. The molecule has 0 aliphatic carbocycles. The van der Waals surface area contributed by atoms with Crippen molar-refractivity contribution in [2.45, 2.75) is 24.1 Å². The van der Waals surface area contributed by atoms with Crippen LogP contribution in [0.4, 0.5) is 5.69 Å². The normalized spacial score (nSPS) is 31.6. The number of ether oxygens (including phenoxy) is 3. The van der Waals surface area contributed by atoms with Gasteiger partial charge >= 0.3 is 0 Å². The van der Waals surface area contributed by atoms with Gasteiger partial charge in [-0.25, -0.2) is 0 Å². The molecular formula is C14H21NO7. The van der Waals surface area contributed by atoms with Crippen LogP contribution < -0.4 is 14.8 Å². The van der Waals surface area contributed by atoms with E-state index in [2.05, 4.69) is 5.32 Å². The average molecular weight is 315 g/mol. The number of hydrogen-bond donors (Lipinski definition) is 5. The molecule has 1 aromatic carbocycles. The van der Waals surface area contributed by atoms with Gasteiger partial charge in [0.25, 0.3) is 0 Å². The highest BCUT2D eigenvalue weighted by atomic mass is 16.6. The Balaban J connectivity index is 2.06. The lowest BCUT2D eigenvalue weighted by Gasteiger charge is -2.41. The summed E-state index contributed by atoms with van der Waals surface area (Å²) in [7, 11) is 3.02. The lowest BCUT2D eigenvalue weighted by molar-refractivity contribution is -0.313. The van der Waals surface area contributed by atoms with Crippen LogP contribution in [0.2, 0.25) is 0 Å². The molecule has 0 radical (unpaired) electrons. The Morgan fingerprint density at radius 3 is 2.55 bits per heavy atom. The second-order valence-corrected chi connectivity index (χ2v) is 5.08. The van der Waals surface area contributed by atoms with Crippen LogP contribution >= 0.6 is 0 Å². The molecule has 8 nitrogen and oxygen atoms in total. The Hall–Kier alpha value is -1.58. The van der Waals surface area contributed by atoms with Gasteiger partial charge in [0.15, 0.2) is 11.5 Å². The monoisotopic (exact) mass is 315 g/mol. The van der Waals surface area contributed by atoms with E-state index in [1.807, 2.05) is 0 Å². The fourth-order valence-corrected chi connectivity index (χ4v) is 2.22. The van der Waals surface area contributed by atoms with Gasteiger partial charge in [-0.2, -0.15) is 0 Å². The zero-order valence-corrected chi connectivity index (χ0v) is 12.4. The van der Waals surface area contributed by atoms with Gasteiger partial charge in [0.2, 0.25) is 5.79 Å². The minimum atomic E-state index is -2.01. The van der Waals surface area contributed by atoms with Gasteiger partial charge in [0, 0.05) is 11.8 Å². The van der Waals surface area contributed by atoms with Crippen LogP contribution in [0, 0.1) is 0 Å². The van der Waals surface area contributed by atoms with Crippen LogP contribution in [0.25, 0.3) is 0 Å². The van der Waals surface area contributed by atoms with Gasteiger partial charge < -0.3 is 40.0 Å². The summed E-state index contributed by atoms with van der Waals surface area (Å²) in [6.45, 7) is -0.463. The molecule has 8 heteroatoms. The number of anilines is 1. The van der Waals surface area contributed by atoms with Gasteiger partial charge in [-0.1, -0.05) is 0 Å². The summed E-state index contributed by atoms with van der Waals surface area (Å²) in [5.74, 6) is -0.953. The first-order chi connectivity index (χ1) is 10.4. The first-order valence-corrected chi connectivity index (χ1v) is 6.77. The largest absolute Gasteiger partial charge is 0.493 e. The third-order valence-corrected chi connectivity index (χ3v) is 3.61. The number of rotatable bonds is 5. The van der Waals surface area contributed by atoms with Crippen LogP contribution in [0.15, 0.2) is 18.2 Å². The summed E-state index contributed by atoms with van der Waals surface area (Å²) >= 11 is 0. The first-order valence-electron chi connectivity index (χ1n) is 6.77. The predicted molar refractivity (Wildman–Crippen MR) is 77.0 cm³/mol. The van der Waals surface area contributed by atoms with Gasteiger partial charge in [0.05, 0.1) is 27.4 Å². The van der Waals surface area contributed by atoms with Gasteiger partial charge in [-0.05, 0) is 12.1 Å². The summed E-state index contributed by atoms with van der Waals surface area (Å²) in [5.41, 5.74) is 0.600. The van der Waals surface area contributed by atoms with E-state index in [-0.39, 0.29) is 13.2 Å². The lowest BCUT2D eigenvalue weighted by atomic mass is 9.97. The van der Waals surface area contributed by atoms with E-state index in [0.717, 1.165) is 0 Å². The zero-order valence-electron chi connectivity index (χ0n) is 12.4. The predicted octanol–water partition coefficient (Wildman–Crippen LogP) is -1.08. The maximum Gasteiger partial charge on any atom is 0.212 e. The van der Waals surface area contributed by atoms with E-state index in [1.54, 1.807) is 18.2 Å². The smallest absolute Gasteiger partial charge is 0.212 e. The highest BCUT2D eigenvalue weighted by Gasteiger charge is 2.48. The molecule has 5 N–H and O–H groups in total. The quantitative estimate of drug-likeness (QED) is 0.465. The molecule has 2 rings (SSSR count). The Labute approximate surface area is 127 Å². The van der Waals surface area contributed by atoms with Crippen LogP contribution in [0.5, 0.6) is 11.5 Å². The van der Waals surface area contributed by atoms with Crippen molar-refractivity contribution in [3.8, 4) is 11.5 Å². The second kappa shape index (κ2) is 6.67. The summed E-state index contributed by atoms with van der Waals surface area (Å²) in [4.78, 5) is 0. The molecule has 1 fully saturated rings. The summed E-state index contributed by atoms with van der Waals surface area (Å²) in [5, 5.41) is 42.0. The van der Waals surface area contributed by atoms with Crippen LogP contribution in [0.1, 0.15) is 0 Å². The summed E-state index contributed by atoms with van der Waals surface area (Å²) < 4.78 is 15.3. The minimum absolute atomic E-state index is 0.187. The standard InChI is InChI=1S/C14H21NO7/c1-20-10-4-3-8(5-11(10)21-2)15-7-14(19)13(18)12(17)9(16)6-22-14/h3-5,9,12-13,15-19H,6-7H2,1-2H3/t9-,12-,13+,14-/m1/s1. The topological polar surface area (TPSA) is 121 Å². The zero-order chi connectivity index (χ0) is 16.3. The molecule has 0 unspecified atom stereocenters. The van der Waals surface area contributed by atoms with Gasteiger partial charge in [-0.3, -0.25) is 0 Å². The molecular weight excluding hydrogens is 294 g/mol. The molecule has 0 spiro atoms. The molecule has 4 atom stereocenters. The fraction of sp³-hybridized carbons (Fsp3) is 0.571. The maximum atomic E-state index is 10.3. The number of nitrogens with one attached hydrogen (secondary N) is 1. The molecule has 1 aliphatic heterocycles. The van der Waals surface area contributed by atoms with Crippen LogP contribution in [-0.2, 0) is 4.74 Å². The number of aliphatic hydroxyl groups excluding tert-OH is 3. The molecule has 1 aromatic rings. The molecule has 1 heterocycles. The van der Waals surface area contributed by atoms with Crippen LogP contribution in [-0.4, -0.2) is 71.9 Å². The number of methoxy groups -OCH3 is 2. The Morgan fingerprint density at radius 2 is 1.91 bits per heavy atom. The van der Waals surface area contributed by atoms with Gasteiger partial charge in [0.1, 0.15) is 18.3 Å². The fourth-order valence-electron chi connectivity index (χ4n) is 2.22. The van der Waals surface area contributed by atoms with E-state index in [4.69, 9.17) is 14.2 Å². The van der Waals surface area contributed by atoms with Crippen molar-refractivity contribution in [1.29, 1.82) is 0 Å². The van der Waals surface area contributed by atoms with E-state index in [9.17, 15) is 20.4 Å². The summed E-state index contributed by atoms with van der Waals surface area (Å²) in [6.07, 6.45) is -4.36. The minimum Gasteiger partial charge on any atom is -0.493 e. The number of aliphatic hydroxyl groups is 4. The lowest BCUT2D eigenvalue weighted by Crippen LogP contribution is -2.63. The van der Waals surface area contributed by atoms with Crippen molar-refractivity contribution in [1.82, 2.24) is 0 Å². The van der Waals surface area contributed by atoms with Crippen molar-refractivity contribution >= 4 is 5.69 Å². The molecule has 124 valence electrons. The molecule has 0 amide bonds. The molecule has 0 saturated carbocycles. The van der Waals surface area contributed by atoms with Crippen molar-refractivity contribution in [2.24, 2.45) is 0 Å². The molecule has 0 aromatic heterocycles. The number of hydrogen-bond acceptors (Lipinski definition) is 8. The van der Waals surface area contributed by atoms with Crippen LogP contribution in [0.3, 0.4) is 0 Å². The van der Waals surface area contributed by atoms with E-state index >= 15 is 0 Å². The maximum absolute atomic E-state index is 10.3. The first kappa shape index (κ1) is 16.8. The summed E-state index contributed by atoms with van der Waals surface area (Å²) in [6, 6.07) is 5.04. The van der Waals surface area contributed by atoms with E-state index in [0.29, 0.717) is 17.2 Å². The average Bonchev–Trinajstić information content (AvgIpc) is 2.54. The highest BCUT2D eigenvalue weighted by molar-refractivity contribution is 5.54. The van der Waals surface area contributed by atoms with Crippen molar-refractivity contribution < 1.29 is 34.6 Å². The molecule has 1 aliphatic rings. The van der Waals surface area contributed by atoms with E-state index in [1.165, 1.54) is 14.2 Å². The van der Waals surface area contributed by atoms with Gasteiger partial charge in [-0.15, -0.1) is 0 Å².